The van der Waals surface area contributed by atoms with E-state index in [-0.39, 0.29) is 11.1 Å². The summed E-state index contributed by atoms with van der Waals surface area (Å²) in [4.78, 5) is 0. The molecule has 0 unspecified atom stereocenters. The molecule has 2 nitrogen and oxygen atoms in total. The van der Waals surface area contributed by atoms with Crippen molar-refractivity contribution in [2.24, 2.45) is 10.2 Å². The van der Waals surface area contributed by atoms with Crippen LogP contribution in [0.15, 0.2) is 34.5 Å². The van der Waals surface area contributed by atoms with E-state index in [4.69, 9.17) is 0 Å². The van der Waals surface area contributed by atoms with Crippen LogP contribution in [-0.4, -0.2) is 12.4 Å². The first-order valence-electron chi connectivity index (χ1n) is 7.61. The fraction of sp³-hybridized carbons (Fsp3) is 0.222. The third kappa shape index (κ3) is 4.95. The summed E-state index contributed by atoms with van der Waals surface area (Å²) >= 11 is 0. The highest BCUT2D eigenvalue weighted by atomic mass is 19.2. The Kier molecular flexibility index (Phi) is 6.38. The highest BCUT2D eigenvalue weighted by molar-refractivity contribution is 5.83. The van der Waals surface area contributed by atoms with Crippen LogP contribution in [0.3, 0.4) is 0 Å². The lowest BCUT2D eigenvalue weighted by Gasteiger charge is -2.04. The van der Waals surface area contributed by atoms with Gasteiger partial charge in [-0.3, -0.25) is 0 Å². The second-order valence-corrected chi connectivity index (χ2v) is 5.36. The van der Waals surface area contributed by atoms with Gasteiger partial charge in [-0.25, -0.2) is 22.0 Å². The summed E-state index contributed by atoms with van der Waals surface area (Å²) in [5, 5.41) is 6.92. The topological polar surface area (TPSA) is 24.7 Å². The maximum Gasteiger partial charge on any atom is 0.194 e. The first kappa shape index (κ1) is 18.8. The molecule has 0 amide bonds. The molecular formula is C18H15F5N2. The number of hydrogen-bond donors (Lipinski definition) is 0. The van der Waals surface area contributed by atoms with Crippen molar-refractivity contribution in [2.45, 2.75) is 26.2 Å². The average molecular weight is 354 g/mol. The molecule has 0 aromatic heterocycles. The van der Waals surface area contributed by atoms with Crippen molar-refractivity contribution in [1.82, 2.24) is 0 Å². The standard InChI is InChI=1S/C18H15F5N2/c1-2-3-4-11-5-14(19)13(15(20)6-11)10-25-24-9-12-7-16(21)18(23)17(22)8-12/h5-10H,2-4H2,1H3/b24-9+,25-10+. The van der Waals surface area contributed by atoms with Gasteiger partial charge in [0.05, 0.1) is 18.0 Å². The minimum Gasteiger partial charge on any atom is -0.206 e. The molecule has 0 fully saturated rings. The highest BCUT2D eigenvalue weighted by Gasteiger charge is 2.10. The summed E-state index contributed by atoms with van der Waals surface area (Å²) in [5.41, 5.74) is 0.105. The predicted molar refractivity (Wildman–Crippen MR) is 86.5 cm³/mol. The van der Waals surface area contributed by atoms with Gasteiger partial charge in [-0.2, -0.15) is 10.2 Å². The molecule has 0 N–H and O–H groups in total. The number of halogens is 5. The average Bonchev–Trinajstić information content (AvgIpc) is 2.56. The van der Waals surface area contributed by atoms with Gasteiger partial charge in [0.15, 0.2) is 17.5 Å². The van der Waals surface area contributed by atoms with Gasteiger partial charge in [-0.05, 0) is 42.7 Å². The first-order chi connectivity index (χ1) is 11.9. The zero-order valence-corrected chi connectivity index (χ0v) is 13.4. The first-order valence-corrected chi connectivity index (χ1v) is 7.61. The third-order valence-corrected chi connectivity index (χ3v) is 3.42. The molecule has 2 rings (SSSR count). The van der Waals surface area contributed by atoms with E-state index in [0.717, 1.165) is 37.4 Å². The molecule has 0 aliphatic carbocycles. The van der Waals surface area contributed by atoms with Crippen LogP contribution in [0.4, 0.5) is 22.0 Å². The number of hydrogen-bond acceptors (Lipinski definition) is 2. The molecule has 0 atom stereocenters. The summed E-state index contributed by atoms with van der Waals surface area (Å²) < 4.78 is 66.7. The van der Waals surface area contributed by atoms with E-state index < -0.39 is 29.1 Å². The number of unbranched alkanes of at least 4 members (excludes halogenated alkanes) is 1. The Balaban J connectivity index is 2.14. The molecule has 0 spiro atoms. The van der Waals surface area contributed by atoms with Crippen LogP contribution < -0.4 is 0 Å². The molecule has 0 heterocycles. The van der Waals surface area contributed by atoms with Gasteiger partial charge in [0.25, 0.3) is 0 Å². The van der Waals surface area contributed by atoms with Crippen molar-refractivity contribution in [3.63, 3.8) is 0 Å². The summed E-state index contributed by atoms with van der Waals surface area (Å²) in [6.07, 6.45) is 4.10. The largest absolute Gasteiger partial charge is 0.206 e. The smallest absolute Gasteiger partial charge is 0.194 e. The zero-order valence-electron chi connectivity index (χ0n) is 13.4. The SMILES string of the molecule is CCCCc1cc(F)c(/C=N/N=C/c2cc(F)c(F)c(F)c2)c(F)c1. The van der Waals surface area contributed by atoms with Crippen LogP contribution in [0.2, 0.25) is 0 Å². The van der Waals surface area contributed by atoms with Crippen molar-refractivity contribution in [3.8, 4) is 0 Å². The quantitative estimate of drug-likeness (QED) is 0.296. The molecule has 132 valence electrons. The van der Waals surface area contributed by atoms with Gasteiger partial charge < -0.3 is 0 Å². The zero-order chi connectivity index (χ0) is 18.4. The number of benzene rings is 2. The van der Waals surface area contributed by atoms with Crippen molar-refractivity contribution in [3.05, 3.63) is 70.0 Å². The molecule has 0 aliphatic heterocycles. The van der Waals surface area contributed by atoms with Crippen LogP contribution in [0, 0.1) is 29.1 Å². The van der Waals surface area contributed by atoms with Crippen molar-refractivity contribution in [1.29, 1.82) is 0 Å². The lowest BCUT2D eigenvalue weighted by atomic mass is 10.1. The van der Waals surface area contributed by atoms with Crippen LogP contribution in [0.25, 0.3) is 0 Å². The Labute approximate surface area is 141 Å². The van der Waals surface area contributed by atoms with E-state index in [1.807, 2.05) is 6.92 Å². The maximum absolute atomic E-state index is 13.9. The van der Waals surface area contributed by atoms with Gasteiger partial charge in [0, 0.05) is 5.56 Å². The van der Waals surface area contributed by atoms with Crippen LogP contribution in [0.5, 0.6) is 0 Å². The third-order valence-electron chi connectivity index (χ3n) is 3.42. The maximum atomic E-state index is 13.9. The Bertz CT molecular complexity index is 769. The summed E-state index contributed by atoms with van der Waals surface area (Å²) in [7, 11) is 0. The van der Waals surface area contributed by atoms with E-state index >= 15 is 0 Å². The van der Waals surface area contributed by atoms with Gasteiger partial charge in [-0.15, -0.1) is 0 Å². The minimum absolute atomic E-state index is 0.0793. The van der Waals surface area contributed by atoms with Gasteiger partial charge in [0.2, 0.25) is 0 Å². The molecule has 7 heteroatoms. The number of aryl methyl sites for hydroxylation is 1. The van der Waals surface area contributed by atoms with E-state index in [9.17, 15) is 22.0 Å². The molecule has 0 saturated heterocycles. The molecule has 0 radical (unpaired) electrons. The lowest BCUT2D eigenvalue weighted by molar-refractivity contribution is 0.447. The predicted octanol–water partition coefficient (Wildman–Crippen LogP) is 5.18. The Hall–Kier alpha value is -2.57. The lowest BCUT2D eigenvalue weighted by Crippen LogP contribution is -1.98. The summed E-state index contributed by atoms with van der Waals surface area (Å²) in [6.45, 7) is 1.98. The fourth-order valence-corrected chi connectivity index (χ4v) is 2.13. The van der Waals surface area contributed by atoms with E-state index in [0.29, 0.717) is 12.0 Å². The minimum atomic E-state index is -1.59. The summed E-state index contributed by atoms with van der Waals surface area (Å²) in [6, 6.07) is 3.91. The van der Waals surface area contributed by atoms with Crippen molar-refractivity contribution < 1.29 is 22.0 Å². The monoisotopic (exact) mass is 354 g/mol. The number of rotatable bonds is 6. The Morgan fingerprint density at radius 1 is 0.800 bits per heavy atom. The highest BCUT2D eigenvalue weighted by Crippen LogP contribution is 2.16. The van der Waals surface area contributed by atoms with E-state index in [2.05, 4.69) is 10.2 Å². The van der Waals surface area contributed by atoms with Crippen molar-refractivity contribution >= 4 is 12.4 Å². The fourth-order valence-electron chi connectivity index (χ4n) is 2.13. The molecule has 2 aromatic carbocycles. The molecule has 2 aromatic rings. The Morgan fingerprint density at radius 2 is 1.36 bits per heavy atom. The number of nitrogens with zero attached hydrogens (tertiary/aromatic N) is 2. The molecule has 0 bridgehead atoms. The Morgan fingerprint density at radius 3 is 1.92 bits per heavy atom. The van der Waals surface area contributed by atoms with Gasteiger partial charge in [-0.1, -0.05) is 13.3 Å². The second-order valence-electron chi connectivity index (χ2n) is 5.36. The van der Waals surface area contributed by atoms with Gasteiger partial charge in [0.1, 0.15) is 11.6 Å². The van der Waals surface area contributed by atoms with Gasteiger partial charge >= 0.3 is 0 Å². The molecule has 0 saturated carbocycles. The van der Waals surface area contributed by atoms with E-state index in [1.54, 1.807) is 0 Å². The van der Waals surface area contributed by atoms with Crippen molar-refractivity contribution in [2.75, 3.05) is 0 Å². The van der Waals surface area contributed by atoms with Crippen LogP contribution in [-0.2, 0) is 6.42 Å². The molecule has 25 heavy (non-hydrogen) atoms. The van der Waals surface area contributed by atoms with Crippen LogP contribution >= 0.6 is 0 Å². The molecule has 0 aliphatic rings. The van der Waals surface area contributed by atoms with Crippen LogP contribution in [0.1, 0.15) is 36.5 Å². The summed E-state index contributed by atoms with van der Waals surface area (Å²) in [5.74, 6) is -5.88. The normalized spacial score (nSPS) is 11.8. The second kappa shape index (κ2) is 8.50. The molecular weight excluding hydrogens is 339 g/mol. The van der Waals surface area contributed by atoms with E-state index in [1.165, 1.54) is 12.1 Å².